The van der Waals surface area contributed by atoms with E-state index in [0.717, 1.165) is 38.5 Å². The number of aliphatic hydroxyl groups excluding tert-OH is 1. The molecule has 3 atom stereocenters. The maximum Gasteiger partial charge on any atom is 0.472 e. The maximum atomic E-state index is 12.8. The second-order valence-corrected chi connectivity index (χ2v) is 16.8. The van der Waals surface area contributed by atoms with E-state index in [1.807, 2.05) is 21.1 Å². The van der Waals surface area contributed by atoms with E-state index in [9.17, 15) is 19.4 Å². The summed E-state index contributed by atoms with van der Waals surface area (Å²) < 4.78 is 23.4. The summed E-state index contributed by atoms with van der Waals surface area (Å²) in [6.07, 6.45) is 35.5. The van der Waals surface area contributed by atoms with Gasteiger partial charge in [0.25, 0.3) is 0 Å². The molecule has 0 radical (unpaired) electrons. The summed E-state index contributed by atoms with van der Waals surface area (Å²) in [6.45, 7) is 4.82. The Balaban J connectivity index is 4.13. The van der Waals surface area contributed by atoms with E-state index in [-0.39, 0.29) is 19.1 Å². The summed E-state index contributed by atoms with van der Waals surface area (Å²) in [5.41, 5.74) is 0. The van der Waals surface area contributed by atoms with Crippen molar-refractivity contribution in [2.45, 2.75) is 199 Å². The normalized spacial score (nSPS) is 14.7. The Bertz CT molecular complexity index is 819. The highest BCUT2D eigenvalue weighted by Gasteiger charge is 2.28. The van der Waals surface area contributed by atoms with Gasteiger partial charge in [-0.05, 0) is 38.5 Å². The third-order valence-corrected chi connectivity index (χ3v) is 10.2. The summed E-state index contributed by atoms with van der Waals surface area (Å²) >= 11 is 0. The molecule has 0 aromatic heterocycles. The number of rotatable bonds is 37. The van der Waals surface area contributed by atoms with Crippen molar-refractivity contribution in [3.05, 3.63) is 12.2 Å². The predicted octanol–water partition coefficient (Wildman–Crippen LogP) is 10.8. The quantitative estimate of drug-likeness (QED) is 0.0256. The molecule has 3 N–H and O–H groups in total. The predicted molar refractivity (Wildman–Crippen MR) is 208 cm³/mol. The number of carbonyl (C=O) groups excluding carboxylic acids is 1. The van der Waals surface area contributed by atoms with Crippen LogP contribution in [-0.4, -0.2) is 73.4 Å². The van der Waals surface area contributed by atoms with Gasteiger partial charge in [-0.3, -0.25) is 13.8 Å². The van der Waals surface area contributed by atoms with Crippen molar-refractivity contribution in [1.82, 2.24) is 5.32 Å². The van der Waals surface area contributed by atoms with Crippen LogP contribution in [0.25, 0.3) is 0 Å². The number of carbonyl (C=O) groups is 1. The van der Waals surface area contributed by atoms with Crippen LogP contribution in [0.3, 0.4) is 0 Å². The lowest BCUT2D eigenvalue weighted by molar-refractivity contribution is -0.870. The highest BCUT2D eigenvalue weighted by molar-refractivity contribution is 7.47. The van der Waals surface area contributed by atoms with Crippen LogP contribution in [0.2, 0.25) is 0 Å². The summed E-state index contributed by atoms with van der Waals surface area (Å²) in [7, 11) is 1.61. The van der Waals surface area contributed by atoms with E-state index in [2.05, 4.69) is 31.3 Å². The second kappa shape index (κ2) is 33.1. The van der Waals surface area contributed by atoms with Gasteiger partial charge in [0.2, 0.25) is 5.91 Å². The van der Waals surface area contributed by atoms with Gasteiger partial charge < -0.3 is 19.8 Å². The van der Waals surface area contributed by atoms with Gasteiger partial charge in [0, 0.05) is 6.42 Å². The fraction of sp³-hybridized carbons (Fsp3) is 0.925. The molecule has 0 bridgehead atoms. The Morgan fingerprint density at radius 1 is 0.673 bits per heavy atom. The smallest absolute Gasteiger partial charge is 0.391 e. The molecule has 0 spiro atoms. The molecule has 0 rings (SSSR count). The summed E-state index contributed by atoms with van der Waals surface area (Å²) in [6, 6.07) is -0.754. The number of amides is 1. The number of allylic oxidation sites excluding steroid dienone is 2. The Hall–Kier alpha value is -0.760. The number of hydrogen-bond acceptors (Lipinski definition) is 5. The Labute approximate surface area is 303 Å². The average molecular weight is 718 g/mol. The van der Waals surface area contributed by atoms with E-state index in [0.29, 0.717) is 23.9 Å². The zero-order valence-electron chi connectivity index (χ0n) is 32.9. The van der Waals surface area contributed by atoms with Crippen LogP contribution < -0.4 is 5.32 Å². The van der Waals surface area contributed by atoms with Gasteiger partial charge >= 0.3 is 7.82 Å². The summed E-state index contributed by atoms with van der Waals surface area (Å²) in [5, 5.41) is 13.8. The van der Waals surface area contributed by atoms with E-state index >= 15 is 0 Å². The molecule has 0 aliphatic carbocycles. The number of hydrogen-bond donors (Lipinski definition) is 3. The standard InChI is InChI=1S/C40H81N2O6P/c1-6-8-10-12-14-15-16-17-18-19-20-21-22-23-24-25-26-27-28-30-32-34-40(44)41-38(39(43)33-31-29-13-11-9-7-2)37-48-49(45,46)47-36-35-42(3,4)5/h19-20,38-39,43H,6-18,21-37H2,1-5H3,(H-,41,44,45,46)/p+1/b20-19-. The van der Waals surface area contributed by atoms with Crippen LogP contribution >= 0.6 is 7.82 Å². The molecule has 0 saturated heterocycles. The molecule has 0 aliphatic heterocycles. The number of nitrogens with zero attached hydrogens (tertiary/aromatic N) is 1. The van der Waals surface area contributed by atoms with Crippen molar-refractivity contribution in [2.24, 2.45) is 0 Å². The van der Waals surface area contributed by atoms with E-state index in [1.54, 1.807) is 0 Å². The molecule has 0 aromatic rings. The summed E-state index contributed by atoms with van der Waals surface area (Å²) in [4.78, 5) is 22.9. The van der Waals surface area contributed by atoms with Gasteiger partial charge in [-0.25, -0.2) is 4.57 Å². The number of aliphatic hydroxyl groups is 1. The number of unbranched alkanes of at least 4 members (excludes halogenated alkanes) is 22. The molecule has 292 valence electrons. The fourth-order valence-corrected chi connectivity index (χ4v) is 6.66. The Kier molecular flexibility index (Phi) is 32.6. The first-order valence-electron chi connectivity index (χ1n) is 20.6. The SMILES string of the molecule is CCCCCCCCCC/C=C\CCCCCCCCCCCC(=O)NC(COP(=O)(O)OCC[N+](C)(C)C)C(O)CCCCCCCC. The van der Waals surface area contributed by atoms with Crippen LogP contribution in [0.4, 0.5) is 0 Å². The van der Waals surface area contributed by atoms with Crippen LogP contribution in [0.1, 0.15) is 187 Å². The molecular formula is C40H82N2O6P+. The van der Waals surface area contributed by atoms with Crippen molar-refractivity contribution < 1.29 is 32.9 Å². The minimum atomic E-state index is -4.29. The number of nitrogens with one attached hydrogen (secondary N) is 1. The molecule has 1 amide bonds. The van der Waals surface area contributed by atoms with E-state index in [1.165, 1.54) is 122 Å². The van der Waals surface area contributed by atoms with Gasteiger partial charge in [-0.2, -0.15) is 0 Å². The topological polar surface area (TPSA) is 105 Å². The maximum absolute atomic E-state index is 12.8. The van der Waals surface area contributed by atoms with Gasteiger partial charge in [0.15, 0.2) is 0 Å². The molecule has 0 aliphatic rings. The van der Waals surface area contributed by atoms with Crippen LogP contribution in [0.5, 0.6) is 0 Å². The van der Waals surface area contributed by atoms with Crippen molar-refractivity contribution in [3.8, 4) is 0 Å². The van der Waals surface area contributed by atoms with Crippen molar-refractivity contribution in [3.63, 3.8) is 0 Å². The minimum Gasteiger partial charge on any atom is -0.391 e. The molecule has 0 aromatic carbocycles. The molecular weight excluding hydrogens is 635 g/mol. The molecule has 9 heteroatoms. The number of phosphoric ester groups is 1. The minimum absolute atomic E-state index is 0.0751. The highest BCUT2D eigenvalue weighted by Crippen LogP contribution is 2.43. The van der Waals surface area contributed by atoms with E-state index < -0.39 is 20.0 Å². The van der Waals surface area contributed by atoms with Gasteiger partial charge in [-0.15, -0.1) is 0 Å². The first kappa shape index (κ1) is 48.2. The Morgan fingerprint density at radius 3 is 1.57 bits per heavy atom. The lowest BCUT2D eigenvalue weighted by Crippen LogP contribution is -2.46. The first-order valence-corrected chi connectivity index (χ1v) is 22.0. The van der Waals surface area contributed by atoms with Gasteiger partial charge in [0.05, 0.1) is 39.9 Å². The highest BCUT2D eigenvalue weighted by atomic mass is 31.2. The Morgan fingerprint density at radius 2 is 1.10 bits per heavy atom. The fourth-order valence-electron chi connectivity index (χ4n) is 5.92. The van der Waals surface area contributed by atoms with Gasteiger partial charge in [0.1, 0.15) is 13.2 Å². The molecule has 0 fully saturated rings. The lowest BCUT2D eigenvalue weighted by atomic mass is 10.0. The van der Waals surface area contributed by atoms with Crippen molar-refractivity contribution in [1.29, 1.82) is 0 Å². The third-order valence-electron chi connectivity index (χ3n) is 9.26. The lowest BCUT2D eigenvalue weighted by Gasteiger charge is -2.26. The van der Waals surface area contributed by atoms with Crippen LogP contribution in [-0.2, 0) is 18.4 Å². The first-order chi connectivity index (χ1) is 23.5. The third kappa shape index (κ3) is 35.4. The molecule has 0 saturated carbocycles. The largest absolute Gasteiger partial charge is 0.472 e. The van der Waals surface area contributed by atoms with Crippen LogP contribution in [0.15, 0.2) is 12.2 Å². The number of quaternary nitrogens is 1. The van der Waals surface area contributed by atoms with E-state index in [4.69, 9.17) is 9.05 Å². The molecule has 0 heterocycles. The average Bonchev–Trinajstić information content (AvgIpc) is 3.04. The summed E-state index contributed by atoms with van der Waals surface area (Å²) in [5.74, 6) is -0.152. The molecule has 3 unspecified atom stereocenters. The van der Waals surface area contributed by atoms with Crippen LogP contribution in [0, 0.1) is 0 Å². The zero-order chi connectivity index (χ0) is 36.5. The number of likely N-dealkylation sites (N-methyl/N-ethyl adjacent to an activating group) is 1. The molecule has 49 heavy (non-hydrogen) atoms. The van der Waals surface area contributed by atoms with Crippen molar-refractivity contribution >= 4 is 13.7 Å². The molecule has 8 nitrogen and oxygen atoms in total. The van der Waals surface area contributed by atoms with Gasteiger partial charge in [-0.1, -0.05) is 154 Å². The zero-order valence-corrected chi connectivity index (χ0v) is 33.8. The number of phosphoric acid groups is 1. The monoisotopic (exact) mass is 718 g/mol. The second-order valence-electron chi connectivity index (χ2n) is 15.4. The van der Waals surface area contributed by atoms with Crippen molar-refractivity contribution in [2.75, 3.05) is 40.9 Å².